The second-order valence-electron chi connectivity index (χ2n) is 9.63. The van der Waals surface area contributed by atoms with Gasteiger partial charge in [-0.1, -0.05) is 18.2 Å². The van der Waals surface area contributed by atoms with Crippen LogP contribution in [0.4, 0.5) is 5.69 Å². The molecule has 2 aliphatic carbocycles. The molecule has 0 bridgehead atoms. The normalized spacial score (nSPS) is 15.7. The fourth-order valence-electron chi connectivity index (χ4n) is 4.60. The first-order valence-electron chi connectivity index (χ1n) is 12.2. The summed E-state index contributed by atoms with van der Waals surface area (Å²) in [5, 5.41) is 14.1. The Hall–Kier alpha value is -4.58. The summed E-state index contributed by atoms with van der Waals surface area (Å²) in [5.41, 5.74) is 5.16. The van der Waals surface area contributed by atoms with Gasteiger partial charge in [0.25, 0.3) is 0 Å². The summed E-state index contributed by atoms with van der Waals surface area (Å²) < 4.78 is 7.60. The monoisotopic (exact) mass is 492 g/mol. The van der Waals surface area contributed by atoms with E-state index in [4.69, 9.17) is 11.3 Å². The van der Waals surface area contributed by atoms with Gasteiger partial charge in [-0.15, -0.1) is 0 Å². The Bertz CT molecular complexity index is 1550. The van der Waals surface area contributed by atoms with Crippen LogP contribution in [0.1, 0.15) is 42.6 Å². The number of hydrogen-bond donors (Lipinski definition) is 1. The quantitative estimate of drug-likeness (QED) is 0.354. The predicted octanol–water partition coefficient (Wildman–Crippen LogP) is 4.74. The fourth-order valence-corrected chi connectivity index (χ4v) is 4.60. The van der Waals surface area contributed by atoms with E-state index in [1.807, 2.05) is 29.9 Å². The fraction of sp³-hybridized carbons (Fsp3) is 0.286. The number of carbonyl (C=O) groups is 1. The van der Waals surface area contributed by atoms with Gasteiger partial charge < -0.3 is 9.84 Å². The lowest BCUT2D eigenvalue weighted by atomic mass is 9.92. The predicted molar refractivity (Wildman–Crippen MR) is 135 cm³/mol. The van der Waals surface area contributed by atoms with Crippen LogP contribution in [0, 0.1) is 6.57 Å². The summed E-state index contributed by atoms with van der Waals surface area (Å²) in [7, 11) is 1.89. The summed E-state index contributed by atoms with van der Waals surface area (Å²) in [4.78, 5) is 29.0. The molecule has 37 heavy (non-hydrogen) atoms. The number of aryl methyl sites for hydroxylation is 1. The topological polar surface area (TPSA) is 107 Å². The van der Waals surface area contributed by atoms with Gasteiger partial charge in [0.05, 0.1) is 41.5 Å². The van der Waals surface area contributed by atoms with Gasteiger partial charge >= 0.3 is 5.97 Å². The Labute approximate surface area is 213 Å². The molecule has 9 nitrogen and oxygen atoms in total. The van der Waals surface area contributed by atoms with Gasteiger partial charge in [0.1, 0.15) is 6.10 Å². The van der Waals surface area contributed by atoms with Crippen LogP contribution >= 0.6 is 0 Å². The van der Waals surface area contributed by atoms with Gasteiger partial charge in [0.15, 0.2) is 5.69 Å². The number of nitrogens with zero attached hydrogens (tertiary/aromatic N) is 6. The van der Waals surface area contributed by atoms with Crippen molar-refractivity contribution in [2.45, 2.75) is 43.6 Å². The van der Waals surface area contributed by atoms with Gasteiger partial charge in [0, 0.05) is 31.4 Å². The third kappa shape index (κ3) is 4.31. The first-order chi connectivity index (χ1) is 18.0. The molecule has 3 aromatic heterocycles. The molecule has 0 saturated heterocycles. The van der Waals surface area contributed by atoms with Crippen molar-refractivity contribution in [3.63, 3.8) is 0 Å². The second-order valence-corrected chi connectivity index (χ2v) is 9.63. The van der Waals surface area contributed by atoms with Crippen LogP contribution in [-0.4, -0.2) is 41.9 Å². The molecule has 0 aliphatic heterocycles. The minimum Gasteiger partial charge on any atom is -0.481 e. The van der Waals surface area contributed by atoms with Crippen molar-refractivity contribution in [2.75, 3.05) is 0 Å². The highest BCUT2D eigenvalue weighted by atomic mass is 16.5. The third-order valence-electron chi connectivity index (χ3n) is 7.05. The number of aliphatic carboxylic acids is 1. The molecule has 0 amide bonds. The molecular formula is C28H24N6O3. The molecular weight excluding hydrogens is 468 g/mol. The first kappa shape index (κ1) is 22.9. The molecule has 9 heteroatoms. The van der Waals surface area contributed by atoms with Gasteiger partial charge in [-0.3, -0.25) is 19.4 Å². The highest BCUT2D eigenvalue weighted by molar-refractivity contribution is 5.88. The van der Waals surface area contributed by atoms with Gasteiger partial charge in [-0.25, -0.2) is 9.83 Å². The molecule has 0 radical (unpaired) electrons. The maximum Gasteiger partial charge on any atom is 0.312 e. The maximum absolute atomic E-state index is 11.8. The summed E-state index contributed by atoms with van der Waals surface area (Å²) in [6.07, 6.45) is 11.0. The van der Waals surface area contributed by atoms with Crippen molar-refractivity contribution < 1.29 is 14.6 Å². The van der Waals surface area contributed by atoms with Gasteiger partial charge in [-0.2, -0.15) is 5.10 Å². The number of rotatable bonds is 8. The number of hydrogen-bond acceptors (Lipinski definition) is 6. The molecule has 0 unspecified atom stereocenters. The number of benzene rings is 1. The van der Waals surface area contributed by atoms with Crippen LogP contribution in [0.15, 0.2) is 55.1 Å². The molecule has 0 atom stereocenters. The largest absolute Gasteiger partial charge is 0.481 e. The minimum atomic E-state index is -0.912. The summed E-state index contributed by atoms with van der Waals surface area (Å²) >= 11 is 0. The highest BCUT2D eigenvalue weighted by Crippen LogP contribution is 2.52. The van der Waals surface area contributed by atoms with Gasteiger partial charge in [-0.05, 0) is 54.5 Å². The van der Waals surface area contributed by atoms with Crippen LogP contribution in [0.3, 0.4) is 0 Å². The smallest absolute Gasteiger partial charge is 0.312 e. The molecule has 0 spiro atoms. The van der Waals surface area contributed by atoms with Crippen LogP contribution < -0.4 is 4.74 Å². The maximum atomic E-state index is 11.8. The number of aromatic nitrogens is 5. The Morgan fingerprint density at radius 3 is 2.65 bits per heavy atom. The van der Waals surface area contributed by atoms with Crippen molar-refractivity contribution >= 4 is 11.7 Å². The zero-order chi connectivity index (χ0) is 25.6. The molecule has 2 saturated carbocycles. The molecule has 2 aliphatic rings. The highest BCUT2D eigenvalue weighted by Gasteiger charge is 2.52. The van der Waals surface area contributed by atoms with E-state index in [1.165, 1.54) is 0 Å². The van der Waals surface area contributed by atoms with Crippen molar-refractivity contribution in [3.05, 3.63) is 83.5 Å². The summed E-state index contributed by atoms with van der Waals surface area (Å²) in [6, 6.07) is 9.29. The van der Waals surface area contributed by atoms with E-state index in [0.717, 1.165) is 46.6 Å². The third-order valence-corrected chi connectivity index (χ3v) is 7.05. The standard InChI is InChI=1S/C28H24N6O3/c1-29-24-11-17(3-7-22(24)28(9-10-28)27(35)36)18-4-8-23(31-13-18)21-15-32-34(2)25(21)12-19-14-30-16-26(33-19)37-20-5-6-20/h3-4,7-8,11,13-16,20H,5-6,9-10,12H2,2H3,(H,35,36). The Kier molecular flexibility index (Phi) is 5.45. The van der Waals surface area contributed by atoms with E-state index in [0.29, 0.717) is 36.4 Å². The molecule has 184 valence electrons. The zero-order valence-electron chi connectivity index (χ0n) is 20.3. The molecule has 3 heterocycles. The molecule has 6 rings (SSSR count). The summed E-state index contributed by atoms with van der Waals surface area (Å²) in [5.74, 6) is -0.316. The van der Waals surface area contributed by atoms with E-state index in [-0.39, 0.29) is 6.10 Å². The van der Waals surface area contributed by atoms with Crippen LogP contribution in [0.5, 0.6) is 5.88 Å². The Morgan fingerprint density at radius 1 is 1.16 bits per heavy atom. The van der Waals surface area contributed by atoms with Crippen LogP contribution in [-0.2, 0) is 23.7 Å². The molecule has 4 aromatic rings. The Balaban J connectivity index is 1.26. The van der Waals surface area contributed by atoms with E-state index in [2.05, 4.69) is 24.9 Å². The van der Waals surface area contributed by atoms with E-state index >= 15 is 0 Å². The number of ether oxygens (including phenoxy) is 1. The number of pyridine rings is 1. The van der Waals surface area contributed by atoms with Crippen LogP contribution in [0.2, 0.25) is 0 Å². The molecule has 1 N–H and O–H groups in total. The van der Waals surface area contributed by atoms with E-state index in [9.17, 15) is 9.90 Å². The van der Waals surface area contributed by atoms with Crippen molar-refractivity contribution in [2.24, 2.45) is 7.05 Å². The molecule has 2 fully saturated rings. The second kappa shape index (κ2) is 8.82. The number of carboxylic acid groups (broad SMARTS) is 1. The van der Waals surface area contributed by atoms with Gasteiger partial charge in [0.2, 0.25) is 5.88 Å². The first-order valence-corrected chi connectivity index (χ1v) is 12.2. The minimum absolute atomic E-state index is 0.258. The average molecular weight is 493 g/mol. The summed E-state index contributed by atoms with van der Waals surface area (Å²) in [6.45, 7) is 7.60. The van der Waals surface area contributed by atoms with Crippen molar-refractivity contribution in [3.8, 4) is 28.3 Å². The SMILES string of the molecule is [C-]#[N+]c1cc(-c2ccc(-c3cnn(C)c3Cc3cncc(OC4CC4)n3)nc2)ccc1C1(C(=O)O)CC1. The van der Waals surface area contributed by atoms with E-state index < -0.39 is 11.4 Å². The number of carboxylic acids is 1. The lowest BCUT2D eigenvalue weighted by Gasteiger charge is -2.14. The molecule has 1 aromatic carbocycles. The Morgan fingerprint density at radius 2 is 1.97 bits per heavy atom. The van der Waals surface area contributed by atoms with Crippen molar-refractivity contribution in [1.82, 2.24) is 24.7 Å². The average Bonchev–Trinajstić information content (AvgIpc) is 3.84. The zero-order valence-corrected chi connectivity index (χ0v) is 20.3. The van der Waals surface area contributed by atoms with Crippen LogP contribution in [0.25, 0.3) is 27.2 Å². The van der Waals surface area contributed by atoms with Crippen molar-refractivity contribution in [1.29, 1.82) is 0 Å². The lowest BCUT2D eigenvalue weighted by molar-refractivity contribution is -0.140. The lowest BCUT2D eigenvalue weighted by Crippen LogP contribution is -2.19. The van der Waals surface area contributed by atoms with E-state index in [1.54, 1.807) is 36.9 Å².